The van der Waals surface area contributed by atoms with Gasteiger partial charge in [0.05, 0.1) is 5.02 Å². The van der Waals surface area contributed by atoms with Gasteiger partial charge in [-0.3, -0.25) is 0 Å². The predicted octanol–water partition coefficient (Wildman–Crippen LogP) is 6.32. The SMILES string of the molecule is CCn1c(SCc2ccc(F)cc2Cl)nnc1[C@H](C)Oc1ccc(F)cc1Cl. The molecule has 0 saturated heterocycles. The molecule has 4 nitrogen and oxygen atoms in total. The van der Waals surface area contributed by atoms with Crippen LogP contribution in [0.3, 0.4) is 0 Å². The highest BCUT2D eigenvalue weighted by Crippen LogP contribution is 2.31. The molecule has 0 amide bonds. The van der Waals surface area contributed by atoms with E-state index in [9.17, 15) is 8.78 Å². The van der Waals surface area contributed by atoms with E-state index in [-0.39, 0.29) is 10.8 Å². The van der Waals surface area contributed by atoms with Crippen LogP contribution in [0.25, 0.3) is 0 Å². The first-order valence-electron chi connectivity index (χ1n) is 8.50. The molecular formula is C19H17Cl2F2N3OS. The lowest BCUT2D eigenvalue weighted by Gasteiger charge is -2.16. The Bertz CT molecular complexity index is 984. The van der Waals surface area contributed by atoms with Crippen molar-refractivity contribution in [2.45, 2.75) is 37.4 Å². The lowest BCUT2D eigenvalue weighted by atomic mass is 10.2. The fraction of sp³-hybridized carbons (Fsp3) is 0.263. The number of hydrogen-bond donors (Lipinski definition) is 0. The van der Waals surface area contributed by atoms with Gasteiger partial charge in [0, 0.05) is 17.3 Å². The molecule has 0 saturated carbocycles. The van der Waals surface area contributed by atoms with Crippen LogP contribution in [0.4, 0.5) is 8.78 Å². The first kappa shape index (κ1) is 20.9. The summed E-state index contributed by atoms with van der Waals surface area (Å²) < 4.78 is 34.2. The van der Waals surface area contributed by atoms with Crippen molar-refractivity contribution in [3.8, 4) is 5.75 Å². The standard InChI is InChI=1S/C19H17Cl2F2N3OS/c1-3-26-18(11(2)27-17-7-6-14(23)9-16(17)21)24-25-19(26)28-10-12-4-5-13(22)8-15(12)20/h4-9,11H,3,10H2,1-2H3/t11-/m0/s1. The van der Waals surface area contributed by atoms with Crippen molar-refractivity contribution >= 4 is 35.0 Å². The molecule has 1 heterocycles. The summed E-state index contributed by atoms with van der Waals surface area (Å²) in [6.45, 7) is 4.42. The highest BCUT2D eigenvalue weighted by molar-refractivity contribution is 7.98. The van der Waals surface area contributed by atoms with Gasteiger partial charge < -0.3 is 9.30 Å². The van der Waals surface area contributed by atoms with Gasteiger partial charge in [-0.1, -0.05) is 41.0 Å². The monoisotopic (exact) mass is 443 g/mol. The maximum Gasteiger partial charge on any atom is 0.191 e. The van der Waals surface area contributed by atoms with E-state index < -0.39 is 11.9 Å². The number of halogens is 4. The van der Waals surface area contributed by atoms with Gasteiger partial charge in [-0.25, -0.2) is 8.78 Å². The number of thioether (sulfide) groups is 1. The molecule has 0 unspecified atom stereocenters. The molecule has 3 rings (SSSR count). The molecule has 0 fully saturated rings. The Morgan fingerprint density at radius 3 is 2.39 bits per heavy atom. The zero-order valence-electron chi connectivity index (χ0n) is 15.1. The molecule has 1 atom stereocenters. The zero-order chi connectivity index (χ0) is 20.3. The maximum absolute atomic E-state index is 13.2. The van der Waals surface area contributed by atoms with Crippen LogP contribution < -0.4 is 4.74 Å². The molecule has 28 heavy (non-hydrogen) atoms. The fourth-order valence-corrected chi connectivity index (χ4v) is 4.14. The summed E-state index contributed by atoms with van der Waals surface area (Å²) in [5.41, 5.74) is 0.808. The summed E-state index contributed by atoms with van der Waals surface area (Å²) in [5.74, 6) is 0.711. The van der Waals surface area contributed by atoms with Crippen molar-refractivity contribution in [2.75, 3.05) is 0 Å². The highest BCUT2D eigenvalue weighted by Gasteiger charge is 2.20. The Morgan fingerprint density at radius 2 is 1.75 bits per heavy atom. The van der Waals surface area contributed by atoms with Crippen molar-refractivity contribution in [2.24, 2.45) is 0 Å². The van der Waals surface area contributed by atoms with Crippen molar-refractivity contribution < 1.29 is 13.5 Å². The van der Waals surface area contributed by atoms with Gasteiger partial charge in [-0.15, -0.1) is 10.2 Å². The van der Waals surface area contributed by atoms with Crippen LogP contribution in [0, 0.1) is 11.6 Å². The average molecular weight is 444 g/mol. The van der Waals surface area contributed by atoms with Crippen molar-refractivity contribution in [1.29, 1.82) is 0 Å². The smallest absolute Gasteiger partial charge is 0.191 e. The molecule has 0 aliphatic heterocycles. The topological polar surface area (TPSA) is 39.9 Å². The van der Waals surface area contributed by atoms with Gasteiger partial charge in [-0.05, 0) is 49.7 Å². The molecule has 3 aromatic rings. The van der Waals surface area contributed by atoms with E-state index in [1.165, 1.54) is 42.1 Å². The van der Waals surface area contributed by atoms with Crippen LogP contribution in [0.5, 0.6) is 5.75 Å². The second-order valence-corrected chi connectivity index (χ2v) is 7.70. The Labute approximate surface area is 175 Å². The van der Waals surface area contributed by atoms with Gasteiger partial charge in [0.25, 0.3) is 0 Å². The molecule has 0 aliphatic carbocycles. The van der Waals surface area contributed by atoms with Gasteiger partial charge in [0.1, 0.15) is 17.4 Å². The van der Waals surface area contributed by atoms with Crippen LogP contribution >= 0.6 is 35.0 Å². The van der Waals surface area contributed by atoms with Crippen molar-refractivity contribution in [1.82, 2.24) is 14.8 Å². The van der Waals surface area contributed by atoms with Crippen LogP contribution in [-0.4, -0.2) is 14.8 Å². The molecular weight excluding hydrogens is 427 g/mol. The van der Waals surface area contributed by atoms with E-state index in [0.29, 0.717) is 34.1 Å². The average Bonchev–Trinajstić information content (AvgIpc) is 3.06. The molecule has 9 heteroatoms. The van der Waals surface area contributed by atoms with E-state index in [1.807, 2.05) is 18.4 Å². The summed E-state index contributed by atoms with van der Waals surface area (Å²) in [6.07, 6.45) is -0.445. The molecule has 0 radical (unpaired) electrons. The normalized spacial score (nSPS) is 12.2. The summed E-state index contributed by atoms with van der Waals surface area (Å²) in [4.78, 5) is 0. The molecule has 0 aliphatic rings. The summed E-state index contributed by atoms with van der Waals surface area (Å²) >= 11 is 13.6. The zero-order valence-corrected chi connectivity index (χ0v) is 17.5. The van der Waals surface area contributed by atoms with Crippen LogP contribution in [0.1, 0.15) is 31.3 Å². The van der Waals surface area contributed by atoms with E-state index >= 15 is 0 Å². The second-order valence-electron chi connectivity index (χ2n) is 5.94. The van der Waals surface area contributed by atoms with E-state index in [4.69, 9.17) is 27.9 Å². The second kappa shape index (κ2) is 9.11. The third-order valence-electron chi connectivity index (χ3n) is 3.99. The minimum absolute atomic E-state index is 0.190. The van der Waals surface area contributed by atoms with Gasteiger partial charge >= 0.3 is 0 Å². The molecule has 0 bridgehead atoms. The van der Waals surface area contributed by atoms with Gasteiger partial charge in [-0.2, -0.15) is 0 Å². The summed E-state index contributed by atoms with van der Waals surface area (Å²) in [7, 11) is 0. The largest absolute Gasteiger partial charge is 0.481 e. The quantitative estimate of drug-likeness (QED) is 0.400. The van der Waals surface area contributed by atoms with E-state index in [0.717, 1.165) is 5.56 Å². The predicted molar refractivity (Wildman–Crippen MR) is 107 cm³/mol. The van der Waals surface area contributed by atoms with Crippen LogP contribution in [-0.2, 0) is 12.3 Å². The summed E-state index contributed by atoms with van der Waals surface area (Å²) in [6, 6.07) is 8.28. The minimum atomic E-state index is -0.445. The Hall–Kier alpha value is -1.83. The van der Waals surface area contributed by atoms with Crippen LogP contribution in [0.2, 0.25) is 10.0 Å². The molecule has 1 aromatic heterocycles. The first-order chi connectivity index (χ1) is 13.4. The van der Waals surface area contributed by atoms with Crippen molar-refractivity contribution in [3.05, 3.63) is 69.5 Å². The fourth-order valence-electron chi connectivity index (χ4n) is 2.60. The Kier molecular flexibility index (Phi) is 6.80. The number of aromatic nitrogens is 3. The lowest BCUT2D eigenvalue weighted by molar-refractivity contribution is 0.210. The van der Waals surface area contributed by atoms with Gasteiger partial charge in [0.15, 0.2) is 17.1 Å². The molecule has 0 N–H and O–H groups in total. The molecule has 148 valence electrons. The number of rotatable bonds is 7. The molecule has 0 spiro atoms. The Morgan fingerprint density at radius 1 is 1.07 bits per heavy atom. The van der Waals surface area contributed by atoms with E-state index in [1.54, 1.807) is 6.07 Å². The third-order valence-corrected chi connectivity index (χ3v) is 5.66. The summed E-state index contributed by atoms with van der Waals surface area (Å²) in [5, 5.41) is 9.73. The minimum Gasteiger partial charge on any atom is -0.481 e. The Balaban J connectivity index is 1.75. The third kappa shape index (κ3) is 4.77. The lowest BCUT2D eigenvalue weighted by Crippen LogP contribution is -2.12. The number of ether oxygens (including phenoxy) is 1. The van der Waals surface area contributed by atoms with Crippen LogP contribution in [0.15, 0.2) is 41.6 Å². The molecule has 2 aromatic carbocycles. The van der Waals surface area contributed by atoms with E-state index in [2.05, 4.69) is 10.2 Å². The number of nitrogens with zero attached hydrogens (tertiary/aromatic N) is 3. The first-order valence-corrected chi connectivity index (χ1v) is 10.2. The van der Waals surface area contributed by atoms with Gasteiger partial charge in [0.2, 0.25) is 0 Å². The van der Waals surface area contributed by atoms with Crippen molar-refractivity contribution in [3.63, 3.8) is 0 Å². The maximum atomic E-state index is 13.2. The number of benzene rings is 2. The highest BCUT2D eigenvalue weighted by atomic mass is 35.5. The number of hydrogen-bond acceptors (Lipinski definition) is 4.